The number of amidine groups is 1. The van der Waals surface area contributed by atoms with Gasteiger partial charge in [-0.1, -0.05) is 54.1 Å². The second kappa shape index (κ2) is 4.88. The molecule has 3 rings (SSSR count). The van der Waals surface area contributed by atoms with Crippen LogP contribution < -0.4 is 0 Å². The van der Waals surface area contributed by atoms with Crippen LogP contribution in [0.15, 0.2) is 48.5 Å². The van der Waals surface area contributed by atoms with Gasteiger partial charge in [0.15, 0.2) is 0 Å². The number of benzene rings is 2. The van der Waals surface area contributed by atoms with E-state index >= 15 is 0 Å². The molecule has 1 N–H and O–H groups in total. The van der Waals surface area contributed by atoms with Crippen LogP contribution in [0.1, 0.15) is 22.3 Å². The molecular formula is C17H18N2. The van der Waals surface area contributed by atoms with Crippen molar-refractivity contribution in [3.63, 3.8) is 0 Å². The lowest BCUT2D eigenvalue weighted by Gasteiger charge is -2.31. The van der Waals surface area contributed by atoms with Gasteiger partial charge in [0.1, 0.15) is 5.84 Å². The van der Waals surface area contributed by atoms with Crippen molar-refractivity contribution in [1.29, 1.82) is 5.41 Å². The predicted molar refractivity (Wildman–Crippen MR) is 78.6 cm³/mol. The summed E-state index contributed by atoms with van der Waals surface area (Å²) in [5, 5.41) is 8.36. The molecule has 1 heterocycles. The van der Waals surface area contributed by atoms with Crippen molar-refractivity contribution in [3.05, 3.63) is 70.8 Å². The average Bonchev–Trinajstić information content (AvgIpc) is 2.47. The third kappa shape index (κ3) is 2.39. The Kier molecular flexibility index (Phi) is 3.08. The van der Waals surface area contributed by atoms with Gasteiger partial charge in [-0.2, -0.15) is 0 Å². The normalized spacial score (nSPS) is 14.1. The highest BCUT2D eigenvalue weighted by Gasteiger charge is 2.18. The van der Waals surface area contributed by atoms with Crippen LogP contribution in [0.25, 0.3) is 0 Å². The highest BCUT2D eigenvalue weighted by atomic mass is 15.2. The third-order valence-electron chi connectivity index (χ3n) is 3.77. The van der Waals surface area contributed by atoms with E-state index in [9.17, 15) is 0 Å². The maximum absolute atomic E-state index is 8.36. The van der Waals surface area contributed by atoms with Gasteiger partial charge in [0.05, 0.1) is 0 Å². The summed E-state index contributed by atoms with van der Waals surface area (Å²) in [5.41, 5.74) is 5.02. The van der Waals surface area contributed by atoms with E-state index in [0.717, 1.165) is 25.1 Å². The minimum absolute atomic E-state index is 0.634. The van der Waals surface area contributed by atoms with Crippen molar-refractivity contribution in [2.45, 2.75) is 19.9 Å². The highest BCUT2D eigenvalue weighted by Crippen LogP contribution is 2.20. The molecular weight excluding hydrogens is 232 g/mol. The lowest BCUT2D eigenvalue weighted by molar-refractivity contribution is 0.392. The van der Waals surface area contributed by atoms with E-state index in [-0.39, 0.29) is 0 Å². The summed E-state index contributed by atoms with van der Waals surface area (Å²) in [7, 11) is 0. The minimum Gasteiger partial charge on any atom is -0.352 e. The first-order valence-corrected chi connectivity index (χ1v) is 6.71. The lowest BCUT2D eigenvalue weighted by atomic mass is 9.99. The minimum atomic E-state index is 0.634. The fourth-order valence-corrected chi connectivity index (χ4v) is 2.58. The Labute approximate surface area is 114 Å². The van der Waals surface area contributed by atoms with Crippen LogP contribution in [0.5, 0.6) is 0 Å². The highest BCUT2D eigenvalue weighted by molar-refractivity contribution is 5.96. The first-order valence-electron chi connectivity index (χ1n) is 6.71. The van der Waals surface area contributed by atoms with Crippen LogP contribution >= 0.6 is 0 Å². The smallest absolute Gasteiger partial charge is 0.128 e. The molecule has 0 radical (unpaired) electrons. The molecule has 2 nitrogen and oxygen atoms in total. The molecule has 0 atom stereocenters. The SMILES string of the molecule is Cc1ccc(C(=N)N2CCc3ccccc3C2)cc1. The molecule has 0 fully saturated rings. The molecule has 2 aromatic rings. The number of hydrogen-bond donors (Lipinski definition) is 1. The summed E-state index contributed by atoms with van der Waals surface area (Å²) >= 11 is 0. The fraction of sp³-hybridized carbons (Fsp3) is 0.235. The molecule has 19 heavy (non-hydrogen) atoms. The Bertz CT molecular complexity index is 599. The van der Waals surface area contributed by atoms with Crippen molar-refractivity contribution >= 4 is 5.84 Å². The van der Waals surface area contributed by atoms with Crippen LogP contribution in [0.2, 0.25) is 0 Å². The van der Waals surface area contributed by atoms with Gasteiger partial charge in [-0.15, -0.1) is 0 Å². The topological polar surface area (TPSA) is 27.1 Å². The molecule has 2 heteroatoms. The molecule has 0 saturated carbocycles. The summed E-state index contributed by atoms with van der Waals surface area (Å²) < 4.78 is 0. The van der Waals surface area contributed by atoms with Crippen molar-refractivity contribution in [3.8, 4) is 0 Å². The summed E-state index contributed by atoms with van der Waals surface area (Å²) in [6.45, 7) is 3.86. The number of hydrogen-bond acceptors (Lipinski definition) is 1. The van der Waals surface area contributed by atoms with Crippen LogP contribution in [-0.2, 0) is 13.0 Å². The van der Waals surface area contributed by atoms with E-state index in [1.54, 1.807) is 0 Å². The summed E-state index contributed by atoms with van der Waals surface area (Å²) in [6.07, 6.45) is 1.03. The molecule has 1 aliphatic heterocycles. The Morgan fingerprint density at radius 1 is 1.00 bits per heavy atom. The zero-order valence-electron chi connectivity index (χ0n) is 11.2. The maximum atomic E-state index is 8.36. The molecule has 1 aliphatic rings. The summed E-state index contributed by atoms with van der Waals surface area (Å²) in [4.78, 5) is 2.16. The zero-order valence-corrected chi connectivity index (χ0v) is 11.2. The molecule has 2 aromatic carbocycles. The van der Waals surface area contributed by atoms with Crippen LogP contribution in [0.4, 0.5) is 0 Å². The van der Waals surface area contributed by atoms with Gasteiger partial charge < -0.3 is 4.90 Å². The quantitative estimate of drug-likeness (QED) is 0.609. The molecule has 96 valence electrons. The monoisotopic (exact) mass is 250 g/mol. The molecule has 0 unspecified atom stereocenters. The van der Waals surface area contributed by atoms with E-state index in [2.05, 4.69) is 48.2 Å². The third-order valence-corrected chi connectivity index (χ3v) is 3.77. The van der Waals surface area contributed by atoms with Gasteiger partial charge in [-0.25, -0.2) is 0 Å². The standard InChI is InChI=1S/C17H18N2/c1-13-6-8-15(9-7-13)17(18)19-11-10-14-4-2-3-5-16(14)12-19/h2-9,18H,10-12H2,1H3. The van der Waals surface area contributed by atoms with Crippen molar-refractivity contribution in [2.75, 3.05) is 6.54 Å². The zero-order chi connectivity index (χ0) is 13.2. The van der Waals surface area contributed by atoms with E-state index < -0.39 is 0 Å². The first kappa shape index (κ1) is 12.0. The first-order chi connectivity index (χ1) is 9.24. The van der Waals surface area contributed by atoms with E-state index in [1.807, 2.05) is 12.1 Å². The molecule has 0 aliphatic carbocycles. The second-order valence-electron chi connectivity index (χ2n) is 5.15. The van der Waals surface area contributed by atoms with Gasteiger partial charge in [0, 0.05) is 18.7 Å². The number of rotatable bonds is 1. The fourth-order valence-electron chi connectivity index (χ4n) is 2.58. The Morgan fingerprint density at radius 2 is 1.68 bits per heavy atom. The van der Waals surface area contributed by atoms with Gasteiger partial charge in [0.2, 0.25) is 0 Å². The van der Waals surface area contributed by atoms with Crippen LogP contribution in [-0.4, -0.2) is 17.3 Å². The Morgan fingerprint density at radius 3 is 2.42 bits per heavy atom. The summed E-state index contributed by atoms with van der Waals surface area (Å²) in [5.74, 6) is 0.634. The Hall–Kier alpha value is -2.09. The number of aryl methyl sites for hydroxylation is 1. The number of fused-ring (bicyclic) bond motifs is 1. The van der Waals surface area contributed by atoms with Crippen molar-refractivity contribution < 1.29 is 0 Å². The van der Waals surface area contributed by atoms with Gasteiger partial charge >= 0.3 is 0 Å². The average molecular weight is 250 g/mol. The predicted octanol–water partition coefficient (Wildman–Crippen LogP) is 3.38. The van der Waals surface area contributed by atoms with Gasteiger partial charge in [0.25, 0.3) is 0 Å². The molecule has 0 saturated heterocycles. The van der Waals surface area contributed by atoms with Gasteiger partial charge in [-0.05, 0) is 24.5 Å². The summed E-state index contributed by atoms with van der Waals surface area (Å²) in [6, 6.07) is 16.8. The van der Waals surface area contributed by atoms with E-state index in [1.165, 1.54) is 16.7 Å². The van der Waals surface area contributed by atoms with Crippen LogP contribution in [0, 0.1) is 12.3 Å². The Balaban J connectivity index is 1.81. The molecule has 0 spiro atoms. The van der Waals surface area contributed by atoms with E-state index in [0.29, 0.717) is 5.84 Å². The molecule has 0 aromatic heterocycles. The number of nitrogens with zero attached hydrogens (tertiary/aromatic N) is 1. The largest absolute Gasteiger partial charge is 0.352 e. The maximum Gasteiger partial charge on any atom is 0.128 e. The molecule has 0 amide bonds. The van der Waals surface area contributed by atoms with E-state index in [4.69, 9.17) is 5.41 Å². The molecule has 0 bridgehead atoms. The number of nitrogens with one attached hydrogen (secondary N) is 1. The van der Waals surface area contributed by atoms with Gasteiger partial charge in [-0.3, -0.25) is 5.41 Å². The lowest BCUT2D eigenvalue weighted by Crippen LogP contribution is -2.35. The van der Waals surface area contributed by atoms with Crippen molar-refractivity contribution in [2.24, 2.45) is 0 Å². The van der Waals surface area contributed by atoms with Crippen LogP contribution in [0.3, 0.4) is 0 Å². The van der Waals surface area contributed by atoms with Crippen molar-refractivity contribution in [1.82, 2.24) is 4.90 Å². The second-order valence-corrected chi connectivity index (χ2v) is 5.15.